The molecule has 1 aliphatic rings. The molecule has 0 fully saturated rings. The molecule has 132 valence electrons. The van der Waals surface area contributed by atoms with Gasteiger partial charge in [-0.15, -0.1) is 5.10 Å². The number of para-hydroxylation sites is 1. The number of hydrogen-bond acceptors (Lipinski definition) is 5. The summed E-state index contributed by atoms with van der Waals surface area (Å²) in [7, 11) is 0. The highest BCUT2D eigenvalue weighted by atomic mass is 15.4. The van der Waals surface area contributed by atoms with Gasteiger partial charge in [-0.05, 0) is 48.6 Å². The molecule has 0 aliphatic carbocycles. The quantitative estimate of drug-likeness (QED) is 0.734. The van der Waals surface area contributed by atoms with E-state index < -0.39 is 0 Å². The zero-order valence-corrected chi connectivity index (χ0v) is 15.3. The molecule has 1 aliphatic heterocycles. The van der Waals surface area contributed by atoms with Crippen LogP contribution >= 0.6 is 0 Å². The van der Waals surface area contributed by atoms with Crippen LogP contribution in [0.2, 0.25) is 0 Å². The summed E-state index contributed by atoms with van der Waals surface area (Å²) in [5.41, 5.74) is 4.81. The summed E-state index contributed by atoms with van der Waals surface area (Å²) < 4.78 is 0. The molecule has 2 heterocycles. The van der Waals surface area contributed by atoms with Crippen molar-refractivity contribution in [3.05, 3.63) is 65.9 Å². The minimum absolute atomic E-state index is 0.315. The van der Waals surface area contributed by atoms with Gasteiger partial charge in [0.15, 0.2) is 5.82 Å². The molecule has 2 aromatic carbocycles. The largest absolute Gasteiger partial charge is 0.339 e. The number of nitrogens with zero attached hydrogens (tertiary/aromatic N) is 4. The summed E-state index contributed by atoms with van der Waals surface area (Å²) in [5, 5.41) is 11.8. The number of nitrogens with one attached hydrogen (secondary N) is 1. The second-order valence-corrected chi connectivity index (χ2v) is 7.10. The van der Waals surface area contributed by atoms with Crippen LogP contribution in [0, 0.1) is 0 Å². The maximum atomic E-state index is 4.70. The first-order chi connectivity index (χ1) is 12.6. The molecule has 0 bridgehead atoms. The SMILES string of the molecule is CC(C)c1ccc(Nc2cnnc(N3c4ccccc4CC3C)n2)cc1. The number of fused-ring (bicyclic) bond motifs is 1. The average Bonchev–Trinajstić information content (AvgIpc) is 2.98. The Kier molecular flexibility index (Phi) is 4.29. The van der Waals surface area contributed by atoms with Gasteiger partial charge in [0.25, 0.3) is 5.95 Å². The van der Waals surface area contributed by atoms with Crippen molar-refractivity contribution in [2.75, 3.05) is 10.2 Å². The standard InChI is InChI=1S/C21H23N5/c1-14(2)16-8-10-18(11-9-16)23-20-13-22-25-21(24-20)26-15(3)12-17-6-4-5-7-19(17)26/h4-11,13-15H,12H2,1-3H3,(H,23,24,25). The fourth-order valence-corrected chi connectivity index (χ4v) is 3.43. The number of anilines is 4. The Morgan fingerprint density at radius 3 is 2.62 bits per heavy atom. The first-order valence-corrected chi connectivity index (χ1v) is 9.05. The van der Waals surface area contributed by atoms with Crippen molar-refractivity contribution in [2.45, 2.75) is 39.2 Å². The van der Waals surface area contributed by atoms with Gasteiger partial charge >= 0.3 is 0 Å². The number of benzene rings is 2. The topological polar surface area (TPSA) is 53.9 Å². The number of aromatic nitrogens is 3. The lowest BCUT2D eigenvalue weighted by molar-refractivity contribution is 0.730. The molecule has 0 saturated carbocycles. The number of rotatable bonds is 4. The van der Waals surface area contributed by atoms with E-state index in [9.17, 15) is 0 Å². The van der Waals surface area contributed by atoms with Crippen molar-refractivity contribution in [3.63, 3.8) is 0 Å². The van der Waals surface area contributed by atoms with Crippen molar-refractivity contribution in [1.29, 1.82) is 0 Å². The molecule has 1 unspecified atom stereocenters. The van der Waals surface area contributed by atoms with Gasteiger partial charge in [0, 0.05) is 17.4 Å². The average molecular weight is 345 g/mol. The van der Waals surface area contributed by atoms with Gasteiger partial charge in [0.1, 0.15) is 0 Å². The van der Waals surface area contributed by atoms with Gasteiger partial charge in [0.2, 0.25) is 0 Å². The van der Waals surface area contributed by atoms with Gasteiger partial charge < -0.3 is 10.2 Å². The molecule has 0 saturated heterocycles. The van der Waals surface area contributed by atoms with Gasteiger partial charge in [-0.3, -0.25) is 0 Å². The Labute approximate surface area is 154 Å². The first-order valence-electron chi connectivity index (χ1n) is 9.05. The van der Waals surface area contributed by atoms with Crippen LogP contribution in [0.25, 0.3) is 0 Å². The summed E-state index contributed by atoms with van der Waals surface area (Å²) in [6.07, 6.45) is 2.65. The van der Waals surface area contributed by atoms with E-state index in [-0.39, 0.29) is 0 Å². The molecule has 5 heteroatoms. The van der Waals surface area contributed by atoms with Crippen molar-refractivity contribution in [1.82, 2.24) is 15.2 Å². The lowest BCUT2D eigenvalue weighted by Gasteiger charge is -2.22. The Morgan fingerprint density at radius 2 is 1.85 bits per heavy atom. The lowest BCUT2D eigenvalue weighted by atomic mass is 10.0. The monoisotopic (exact) mass is 345 g/mol. The molecular weight excluding hydrogens is 322 g/mol. The third kappa shape index (κ3) is 3.12. The van der Waals surface area contributed by atoms with Gasteiger partial charge in [-0.2, -0.15) is 10.1 Å². The van der Waals surface area contributed by atoms with Crippen molar-refractivity contribution in [3.8, 4) is 0 Å². The fraction of sp³-hybridized carbons (Fsp3) is 0.286. The minimum atomic E-state index is 0.315. The van der Waals surface area contributed by atoms with Crippen molar-refractivity contribution in [2.24, 2.45) is 0 Å². The smallest absolute Gasteiger partial charge is 0.252 e. The summed E-state index contributed by atoms with van der Waals surface area (Å²) in [6, 6.07) is 17.2. The molecule has 4 rings (SSSR count). The Hall–Kier alpha value is -2.95. The molecule has 0 amide bonds. The van der Waals surface area contributed by atoms with Crippen LogP contribution in [-0.2, 0) is 6.42 Å². The molecule has 3 aromatic rings. The molecule has 1 aromatic heterocycles. The fourth-order valence-electron chi connectivity index (χ4n) is 3.43. The van der Waals surface area contributed by atoms with E-state index in [1.807, 2.05) is 0 Å². The van der Waals surface area contributed by atoms with Crippen LogP contribution in [0.15, 0.2) is 54.7 Å². The van der Waals surface area contributed by atoms with E-state index in [0.29, 0.717) is 23.7 Å². The van der Waals surface area contributed by atoms with Gasteiger partial charge in [-0.25, -0.2) is 0 Å². The number of hydrogen-bond donors (Lipinski definition) is 1. The second kappa shape index (κ2) is 6.75. The predicted molar refractivity (Wildman–Crippen MR) is 105 cm³/mol. The summed E-state index contributed by atoms with van der Waals surface area (Å²) in [4.78, 5) is 6.86. The maximum Gasteiger partial charge on any atom is 0.252 e. The highest BCUT2D eigenvalue weighted by molar-refractivity contribution is 5.68. The van der Waals surface area contributed by atoms with E-state index in [1.165, 1.54) is 16.8 Å². The first kappa shape index (κ1) is 16.5. The summed E-state index contributed by atoms with van der Waals surface area (Å²) in [5.74, 6) is 1.85. The van der Waals surface area contributed by atoms with Crippen LogP contribution < -0.4 is 10.2 Å². The highest BCUT2D eigenvalue weighted by Crippen LogP contribution is 2.36. The van der Waals surface area contributed by atoms with E-state index in [0.717, 1.165) is 12.1 Å². The Balaban J connectivity index is 1.59. The van der Waals surface area contributed by atoms with E-state index in [4.69, 9.17) is 4.98 Å². The predicted octanol–water partition coefficient (Wildman–Crippen LogP) is 4.82. The maximum absolute atomic E-state index is 4.70. The van der Waals surface area contributed by atoms with Crippen LogP contribution in [0.1, 0.15) is 37.8 Å². The van der Waals surface area contributed by atoms with Crippen LogP contribution in [0.4, 0.5) is 23.1 Å². The molecule has 0 spiro atoms. The normalized spacial score (nSPS) is 16.0. The molecule has 5 nitrogen and oxygen atoms in total. The van der Waals surface area contributed by atoms with E-state index in [1.54, 1.807) is 6.20 Å². The molecule has 1 atom stereocenters. The Bertz CT molecular complexity index is 904. The van der Waals surface area contributed by atoms with Crippen LogP contribution in [0.3, 0.4) is 0 Å². The molecule has 1 N–H and O–H groups in total. The van der Waals surface area contributed by atoms with E-state index in [2.05, 4.69) is 89.7 Å². The van der Waals surface area contributed by atoms with Crippen LogP contribution in [0.5, 0.6) is 0 Å². The highest BCUT2D eigenvalue weighted by Gasteiger charge is 2.29. The van der Waals surface area contributed by atoms with Crippen molar-refractivity contribution >= 4 is 23.1 Å². The zero-order chi connectivity index (χ0) is 18.1. The second-order valence-electron chi connectivity index (χ2n) is 7.10. The molecular formula is C21H23N5. The molecule has 0 radical (unpaired) electrons. The summed E-state index contributed by atoms with van der Waals surface area (Å²) in [6.45, 7) is 6.57. The molecule has 26 heavy (non-hydrogen) atoms. The summed E-state index contributed by atoms with van der Waals surface area (Å²) >= 11 is 0. The Morgan fingerprint density at radius 1 is 1.08 bits per heavy atom. The van der Waals surface area contributed by atoms with E-state index >= 15 is 0 Å². The zero-order valence-electron chi connectivity index (χ0n) is 15.3. The van der Waals surface area contributed by atoms with Crippen LogP contribution in [-0.4, -0.2) is 21.2 Å². The third-order valence-electron chi connectivity index (χ3n) is 4.82. The van der Waals surface area contributed by atoms with Gasteiger partial charge in [0.05, 0.1) is 6.20 Å². The van der Waals surface area contributed by atoms with Crippen molar-refractivity contribution < 1.29 is 0 Å². The van der Waals surface area contributed by atoms with Gasteiger partial charge in [-0.1, -0.05) is 44.2 Å². The lowest BCUT2D eigenvalue weighted by Crippen LogP contribution is -2.26. The third-order valence-corrected chi connectivity index (χ3v) is 4.82. The minimum Gasteiger partial charge on any atom is -0.339 e.